The maximum Gasteiger partial charge on any atom is 0 e. The standard InChI is InChI=1S/10CH4.I2/c;;;;;;;;;;1-2/h10*1H4;. The quantitative estimate of drug-likeness (QED) is 0.351. The molecule has 0 aromatic heterocycles. The van der Waals surface area contributed by atoms with Crippen LogP contribution in [0.4, 0.5) is 0 Å². The highest BCUT2D eigenvalue weighted by atomic mass is 128. The molecule has 0 atom stereocenters. The Balaban J connectivity index is -0.000000000111. The van der Waals surface area contributed by atoms with Gasteiger partial charge in [-0.15, -0.1) is 0 Å². The van der Waals surface area contributed by atoms with Gasteiger partial charge in [0.25, 0.3) is 0 Å². The summed E-state index contributed by atoms with van der Waals surface area (Å²) >= 11 is 4.24. The maximum atomic E-state index is 2.12. The molecule has 0 unspecified atom stereocenters. The molecule has 2 heteroatoms. The van der Waals surface area contributed by atoms with Gasteiger partial charge in [-0.25, -0.2) is 0 Å². The van der Waals surface area contributed by atoms with Gasteiger partial charge in [-0.1, -0.05) is 74.3 Å². The van der Waals surface area contributed by atoms with Gasteiger partial charge in [-0.05, 0) is 0 Å². The van der Waals surface area contributed by atoms with Crippen molar-refractivity contribution in [3.8, 4) is 0 Å². The van der Waals surface area contributed by atoms with Crippen LogP contribution < -0.4 is 0 Å². The zero-order valence-corrected chi connectivity index (χ0v) is 5.07. The molecule has 0 N–H and O–H groups in total. The Labute approximate surface area is 111 Å². The smallest absolute Gasteiger partial charge is 0 e. The zero-order chi connectivity index (χ0) is 2.00. The van der Waals surface area contributed by atoms with E-state index < -0.39 is 0 Å². The van der Waals surface area contributed by atoms with Gasteiger partial charge in [-0.2, -0.15) is 0 Å². The molecule has 0 saturated heterocycles. The molecular formula is C10H40I2. The third kappa shape index (κ3) is 588. The fraction of sp³-hybridized carbons (Fsp3) is 1.00. The number of hydrogen-bond donors (Lipinski definition) is 0. The lowest BCUT2D eigenvalue weighted by atomic mass is 12.0. The van der Waals surface area contributed by atoms with Crippen molar-refractivity contribution in [2.75, 3.05) is 0 Å². The SMILES string of the molecule is C.C.C.C.C.C.C.C.C.C.II. The van der Waals surface area contributed by atoms with Crippen molar-refractivity contribution in [2.24, 2.45) is 0 Å². The number of rotatable bonds is 0. The van der Waals surface area contributed by atoms with Gasteiger partial charge in [-0.3, -0.25) is 0 Å². The largest absolute Gasteiger partial charge is 0.0776 e. The molecule has 0 fully saturated rings. The van der Waals surface area contributed by atoms with Gasteiger partial charge in [0.15, 0.2) is 0 Å². The molecule has 0 amide bonds. The summed E-state index contributed by atoms with van der Waals surface area (Å²) in [5, 5.41) is 0. The van der Waals surface area contributed by atoms with Gasteiger partial charge >= 0.3 is 0 Å². The summed E-state index contributed by atoms with van der Waals surface area (Å²) in [6.45, 7) is 0. The molecule has 0 aromatic rings. The monoisotopic (exact) mass is 414 g/mol. The van der Waals surface area contributed by atoms with Crippen LogP contribution in [0.25, 0.3) is 0 Å². The summed E-state index contributed by atoms with van der Waals surface area (Å²) in [6, 6.07) is 0. The first kappa shape index (κ1) is 345. The maximum absolute atomic E-state index is 2.12. The van der Waals surface area contributed by atoms with Gasteiger partial charge in [0.05, 0.1) is 0 Å². The molecular weight excluding hydrogens is 374 g/mol. The van der Waals surface area contributed by atoms with Crippen molar-refractivity contribution >= 4 is 37.2 Å². The van der Waals surface area contributed by atoms with E-state index in [-0.39, 0.29) is 74.3 Å². The van der Waals surface area contributed by atoms with Crippen LogP contribution >= 0.6 is 37.2 Å². The molecule has 0 aliphatic heterocycles. The van der Waals surface area contributed by atoms with E-state index in [1.165, 1.54) is 0 Å². The first-order valence-electron chi connectivity index (χ1n) is 0.143. The normalized spacial score (nSPS) is 0.500. The molecule has 0 nitrogen and oxygen atoms in total. The minimum atomic E-state index is 0. The molecule has 0 aromatic carbocycles. The van der Waals surface area contributed by atoms with Crippen molar-refractivity contribution in [3.63, 3.8) is 0 Å². The molecule has 0 aliphatic carbocycles. The molecule has 94 valence electrons. The Hall–Kier alpha value is 1.46. The Bertz CT molecular complexity index is 7.80. The van der Waals surface area contributed by atoms with E-state index in [9.17, 15) is 0 Å². The summed E-state index contributed by atoms with van der Waals surface area (Å²) in [4.78, 5) is 0. The summed E-state index contributed by atoms with van der Waals surface area (Å²) in [5.41, 5.74) is 0. The highest BCUT2D eigenvalue weighted by Gasteiger charge is 1.00. The molecule has 0 aliphatic rings. The molecule has 0 saturated carbocycles. The van der Waals surface area contributed by atoms with Crippen molar-refractivity contribution in [2.45, 2.75) is 74.3 Å². The van der Waals surface area contributed by atoms with Crippen molar-refractivity contribution < 1.29 is 0 Å². The van der Waals surface area contributed by atoms with Crippen LogP contribution in [0.3, 0.4) is 0 Å². The van der Waals surface area contributed by atoms with Crippen LogP contribution in [-0.4, -0.2) is 0 Å². The van der Waals surface area contributed by atoms with Gasteiger partial charge < -0.3 is 0 Å². The van der Waals surface area contributed by atoms with E-state index in [1.807, 2.05) is 0 Å². The van der Waals surface area contributed by atoms with Gasteiger partial charge in [0, 0.05) is 37.2 Å². The molecule has 0 radical (unpaired) electrons. The Kier molecular flexibility index (Phi) is 22100. The fourth-order valence-electron chi connectivity index (χ4n) is 0. The predicted octanol–water partition coefficient (Wildman–Crippen LogP) is 8.13. The van der Waals surface area contributed by atoms with Crippen LogP contribution in [0.15, 0.2) is 0 Å². The van der Waals surface area contributed by atoms with Crippen molar-refractivity contribution in [1.29, 1.82) is 0 Å². The van der Waals surface area contributed by atoms with Gasteiger partial charge in [0.1, 0.15) is 0 Å². The van der Waals surface area contributed by atoms with E-state index in [0.29, 0.717) is 0 Å². The average molecular weight is 414 g/mol. The molecule has 0 bridgehead atoms. The molecule has 0 spiro atoms. The van der Waals surface area contributed by atoms with E-state index in [0.717, 1.165) is 0 Å². The van der Waals surface area contributed by atoms with Crippen molar-refractivity contribution in [3.05, 3.63) is 0 Å². The third-order valence-corrected chi connectivity index (χ3v) is 0. The Morgan fingerprint density at radius 1 is 0.250 bits per heavy atom. The topological polar surface area (TPSA) is 0 Å². The van der Waals surface area contributed by atoms with Crippen LogP contribution in [0, 0.1) is 0 Å². The van der Waals surface area contributed by atoms with Crippen LogP contribution in [-0.2, 0) is 0 Å². The van der Waals surface area contributed by atoms with Crippen molar-refractivity contribution in [1.82, 2.24) is 0 Å². The minimum Gasteiger partial charge on any atom is -0.0776 e. The first-order chi connectivity index (χ1) is 1.00. The lowest BCUT2D eigenvalue weighted by Crippen LogP contribution is -0.114. The highest BCUT2D eigenvalue weighted by molar-refractivity contribution is 15.0. The summed E-state index contributed by atoms with van der Waals surface area (Å²) in [6.07, 6.45) is 0. The number of halogens is 2. The zero-order valence-electron chi connectivity index (χ0n) is 0.756. The lowest BCUT2D eigenvalue weighted by molar-refractivity contribution is 2.50. The molecule has 12 heavy (non-hydrogen) atoms. The lowest BCUT2D eigenvalue weighted by Gasteiger charge is -1.000. The summed E-state index contributed by atoms with van der Waals surface area (Å²) in [5.74, 6) is 0. The molecule has 0 heterocycles. The molecule has 0 rings (SSSR count). The van der Waals surface area contributed by atoms with E-state index in [4.69, 9.17) is 0 Å². The second kappa shape index (κ2) is 768. The average Bonchev–Trinajstić information content (AvgIpc) is 1.00. The van der Waals surface area contributed by atoms with Crippen LogP contribution in [0.1, 0.15) is 74.3 Å². The summed E-state index contributed by atoms with van der Waals surface area (Å²) < 4.78 is 0. The van der Waals surface area contributed by atoms with E-state index in [2.05, 4.69) is 37.2 Å². The van der Waals surface area contributed by atoms with E-state index >= 15 is 0 Å². The number of hydrogen-bond acceptors (Lipinski definition) is 0. The highest BCUT2D eigenvalue weighted by Crippen LogP contribution is 1.89. The minimum absolute atomic E-state index is 0. The van der Waals surface area contributed by atoms with E-state index in [1.54, 1.807) is 0 Å². The van der Waals surface area contributed by atoms with Crippen LogP contribution in [0.2, 0.25) is 0 Å². The second-order valence-corrected chi connectivity index (χ2v) is 0. The Morgan fingerprint density at radius 3 is 0.250 bits per heavy atom. The third-order valence-electron chi connectivity index (χ3n) is 0. The summed E-state index contributed by atoms with van der Waals surface area (Å²) in [7, 11) is 0. The fourth-order valence-corrected chi connectivity index (χ4v) is 0. The Morgan fingerprint density at radius 2 is 0.250 bits per heavy atom. The second-order valence-electron chi connectivity index (χ2n) is 0. The van der Waals surface area contributed by atoms with Gasteiger partial charge in [0.2, 0.25) is 0 Å². The first-order valence-corrected chi connectivity index (χ1v) is 6.43. The predicted molar refractivity (Wildman–Crippen MR) is 95.4 cm³/mol. The van der Waals surface area contributed by atoms with Crippen LogP contribution in [0.5, 0.6) is 0 Å².